The minimum Gasteiger partial charge on any atom is -0.313 e. The predicted molar refractivity (Wildman–Crippen MR) is 100 cm³/mol. The molecule has 0 aromatic carbocycles. The van der Waals surface area contributed by atoms with Gasteiger partial charge in [-0.1, -0.05) is 30.4 Å². The Kier molecular flexibility index (Phi) is 4.91. The highest BCUT2D eigenvalue weighted by atomic mass is 16.2. The first-order valence-electron chi connectivity index (χ1n) is 9.41. The Balaban J connectivity index is 1.82. The number of hydrogen-bond acceptors (Lipinski definition) is 3. The number of imide groups is 1. The van der Waals surface area contributed by atoms with Gasteiger partial charge in [0.1, 0.15) is 5.54 Å². The Morgan fingerprint density at radius 3 is 2.73 bits per heavy atom. The maximum Gasteiger partial charge on any atom is 0.327 e. The van der Waals surface area contributed by atoms with Gasteiger partial charge in [-0.3, -0.25) is 14.5 Å². The van der Waals surface area contributed by atoms with Crippen molar-refractivity contribution in [2.45, 2.75) is 45.6 Å². The summed E-state index contributed by atoms with van der Waals surface area (Å²) in [6.45, 7) is 5.26. The van der Waals surface area contributed by atoms with Crippen LogP contribution in [0.25, 0.3) is 0 Å². The Hall–Kier alpha value is -2.17. The van der Waals surface area contributed by atoms with Crippen LogP contribution in [-0.2, 0) is 9.59 Å². The van der Waals surface area contributed by atoms with E-state index in [0.717, 1.165) is 24.2 Å². The molecule has 0 radical (unpaired) electrons. The lowest BCUT2D eigenvalue weighted by molar-refractivity contribution is -0.137. The van der Waals surface area contributed by atoms with Crippen molar-refractivity contribution < 1.29 is 14.4 Å². The van der Waals surface area contributed by atoms with Gasteiger partial charge in [0.2, 0.25) is 0 Å². The van der Waals surface area contributed by atoms with E-state index in [1.807, 2.05) is 19.9 Å². The molecule has 1 saturated carbocycles. The summed E-state index contributed by atoms with van der Waals surface area (Å²) in [6.07, 6.45) is 12.9. The molecule has 4 atom stereocenters. The summed E-state index contributed by atoms with van der Waals surface area (Å²) in [6, 6.07) is -0.367. The highest BCUT2D eigenvalue weighted by Crippen LogP contribution is 2.49. The first-order chi connectivity index (χ1) is 12.3. The molecule has 3 rings (SSSR count). The third kappa shape index (κ3) is 2.83. The van der Waals surface area contributed by atoms with E-state index in [0.29, 0.717) is 17.4 Å². The van der Waals surface area contributed by atoms with Crippen LogP contribution in [0, 0.1) is 17.8 Å². The van der Waals surface area contributed by atoms with Gasteiger partial charge in [-0.05, 0) is 63.4 Å². The summed E-state index contributed by atoms with van der Waals surface area (Å²) >= 11 is 0. The number of Topliss-reactive ketones (excluding diaryl/α,β-unsaturated/α-hetero) is 1. The van der Waals surface area contributed by atoms with E-state index < -0.39 is 5.54 Å². The van der Waals surface area contributed by atoms with Gasteiger partial charge >= 0.3 is 6.03 Å². The number of amides is 3. The molecule has 2 fully saturated rings. The van der Waals surface area contributed by atoms with E-state index in [2.05, 4.69) is 12.2 Å². The summed E-state index contributed by atoms with van der Waals surface area (Å²) < 4.78 is 0. The maximum absolute atomic E-state index is 13.2. The van der Waals surface area contributed by atoms with Gasteiger partial charge in [-0.2, -0.15) is 0 Å². The molecule has 2 bridgehead atoms. The summed E-state index contributed by atoms with van der Waals surface area (Å²) in [7, 11) is 1.69. The van der Waals surface area contributed by atoms with Gasteiger partial charge in [-0.15, -0.1) is 0 Å². The van der Waals surface area contributed by atoms with E-state index >= 15 is 0 Å². The standard InChI is InChI=1S/C21H28N2O3/c1-5-6-7-14(2)18(24)13-23-19(25)21(3,22(4)20(23)26)17-11-9-15-8-10-16(17)12-15/h5-8,10,15-17H,9,11-13H2,1-4H3/b6-5-,14-7+/t15-,16-,17?,21?/m0/s1. The summed E-state index contributed by atoms with van der Waals surface area (Å²) in [4.78, 5) is 41.2. The molecule has 1 saturated heterocycles. The van der Waals surface area contributed by atoms with Crippen molar-refractivity contribution in [3.63, 3.8) is 0 Å². The number of allylic oxidation sites excluding steroid dienone is 5. The smallest absolute Gasteiger partial charge is 0.313 e. The van der Waals surface area contributed by atoms with Crippen LogP contribution in [0.15, 0.2) is 36.0 Å². The van der Waals surface area contributed by atoms with Crippen LogP contribution in [0.4, 0.5) is 4.79 Å². The number of fused-ring (bicyclic) bond motifs is 2. The zero-order valence-corrected chi connectivity index (χ0v) is 16.1. The molecule has 0 N–H and O–H groups in total. The second kappa shape index (κ2) is 6.86. The van der Waals surface area contributed by atoms with Crippen LogP contribution in [0.5, 0.6) is 0 Å². The lowest BCUT2D eigenvalue weighted by atomic mass is 9.68. The molecular formula is C21H28N2O3. The molecular weight excluding hydrogens is 328 g/mol. The van der Waals surface area contributed by atoms with E-state index in [-0.39, 0.29) is 30.2 Å². The van der Waals surface area contributed by atoms with Gasteiger partial charge < -0.3 is 4.90 Å². The topological polar surface area (TPSA) is 57.7 Å². The third-order valence-corrected chi connectivity index (χ3v) is 6.47. The zero-order chi connectivity index (χ0) is 19.1. The molecule has 1 heterocycles. The first kappa shape index (κ1) is 18.6. The SMILES string of the molecule is C/C=C\C=C(/C)C(=O)CN1C(=O)N(C)C(C)(C2CC[C@@H]3C=C[C@H]2C3)C1=O. The van der Waals surface area contributed by atoms with Gasteiger partial charge in [0.25, 0.3) is 5.91 Å². The quantitative estimate of drug-likeness (QED) is 0.329. The van der Waals surface area contributed by atoms with Crippen molar-refractivity contribution in [2.24, 2.45) is 17.8 Å². The van der Waals surface area contributed by atoms with Gasteiger partial charge in [0.05, 0.1) is 6.54 Å². The fourth-order valence-corrected chi connectivity index (χ4v) is 4.66. The van der Waals surface area contributed by atoms with E-state index in [9.17, 15) is 14.4 Å². The van der Waals surface area contributed by atoms with Crippen LogP contribution in [0.2, 0.25) is 0 Å². The molecule has 0 spiro atoms. The number of likely N-dealkylation sites (N-methyl/N-ethyl adjacent to an activating group) is 1. The molecule has 2 aliphatic carbocycles. The van der Waals surface area contributed by atoms with E-state index in [1.165, 1.54) is 0 Å². The molecule has 1 aliphatic heterocycles. The molecule has 5 heteroatoms. The number of carbonyl (C=O) groups is 3. The summed E-state index contributed by atoms with van der Waals surface area (Å²) in [5, 5.41) is 0. The van der Waals surface area contributed by atoms with Crippen molar-refractivity contribution in [3.05, 3.63) is 36.0 Å². The fourth-order valence-electron chi connectivity index (χ4n) is 4.66. The number of hydrogen-bond donors (Lipinski definition) is 0. The number of carbonyl (C=O) groups excluding carboxylic acids is 3. The molecule has 3 aliphatic rings. The average molecular weight is 356 g/mol. The molecule has 5 nitrogen and oxygen atoms in total. The Bertz CT molecular complexity index is 721. The van der Waals surface area contributed by atoms with Crippen molar-refractivity contribution in [3.8, 4) is 0 Å². The predicted octanol–water partition coefficient (Wildman–Crippen LogP) is 3.33. The second-order valence-electron chi connectivity index (χ2n) is 7.91. The van der Waals surface area contributed by atoms with Crippen LogP contribution < -0.4 is 0 Å². The first-order valence-corrected chi connectivity index (χ1v) is 9.41. The van der Waals surface area contributed by atoms with Crippen molar-refractivity contribution >= 4 is 17.7 Å². The number of nitrogens with zero attached hydrogens (tertiary/aromatic N) is 2. The minimum absolute atomic E-state index is 0.110. The van der Waals surface area contributed by atoms with Crippen LogP contribution in [-0.4, -0.2) is 46.7 Å². The third-order valence-electron chi connectivity index (χ3n) is 6.47. The largest absolute Gasteiger partial charge is 0.327 e. The average Bonchev–Trinajstić information content (AvgIpc) is 3.07. The van der Waals surface area contributed by atoms with Crippen molar-refractivity contribution in [2.75, 3.05) is 13.6 Å². The highest BCUT2D eigenvalue weighted by molar-refractivity contribution is 6.10. The van der Waals surface area contributed by atoms with Crippen LogP contribution in [0.3, 0.4) is 0 Å². The molecule has 0 aromatic heterocycles. The molecule has 140 valence electrons. The van der Waals surface area contributed by atoms with Crippen LogP contribution in [0.1, 0.15) is 40.0 Å². The van der Waals surface area contributed by atoms with E-state index in [1.54, 1.807) is 31.0 Å². The monoisotopic (exact) mass is 356 g/mol. The number of rotatable bonds is 5. The zero-order valence-electron chi connectivity index (χ0n) is 16.1. The molecule has 3 amide bonds. The molecule has 26 heavy (non-hydrogen) atoms. The lowest BCUT2D eigenvalue weighted by Gasteiger charge is -2.42. The molecule has 0 aromatic rings. The van der Waals surface area contributed by atoms with Gasteiger partial charge in [0, 0.05) is 7.05 Å². The Morgan fingerprint density at radius 2 is 2.04 bits per heavy atom. The van der Waals surface area contributed by atoms with Crippen molar-refractivity contribution in [1.29, 1.82) is 0 Å². The molecule has 2 unspecified atom stereocenters. The lowest BCUT2D eigenvalue weighted by Crippen LogP contribution is -2.54. The normalized spacial score (nSPS) is 34.5. The van der Waals surface area contributed by atoms with E-state index in [4.69, 9.17) is 0 Å². The fraction of sp³-hybridized carbons (Fsp3) is 0.571. The summed E-state index contributed by atoms with van der Waals surface area (Å²) in [5.74, 6) is 0.631. The summed E-state index contributed by atoms with van der Waals surface area (Å²) in [5.41, 5.74) is -0.331. The second-order valence-corrected chi connectivity index (χ2v) is 7.91. The maximum atomic E-state index is 13.2. The Morgan fingerprint density at radius 1 is 1.31 bits per heavy atom. The van der Waals surface area contributed by atoms with Crippen molar-refractivity contribution in [1.82, 2.24) is 9.80 Å². The Labute approximate surface area is 155 Å². The number of ketones is 1. The minimum atomic E-state index is -0.872. The number of urea groups is 1. The van der Waals surface area contributed by atoms with Gasteiger partial charge in [-0.25, -0.2) is 4.79 Å². The van der Waals surface area contributed by atoms with Crippen LogP contribution >= 0.6 is 0 Å². The van der Waals surface area contributed by atoms with Gasteiger partial charge in [0.15, 0.2) is 5.78 Å². The highest BCUT2D eigenvalue weighted by Gasteiger charge is 2.59.